The predicted octanol–water partition coefficient (Wildman–Crippen LogP) is 0.793. The summed E-state index contributed by atoms with van der Waals surface area (Å²) in [6, 6.07) is 2.02. The van der Waals surface area contributed by atoms with Crippen molar-refractivity contribution in [2.45, 2.75) is 45.6 Å². The first-order valence-corrected chi connectivity index (χ1v) is 5.93. The van der Waals surface area contributed by atoms with Crippen molar-refractivity contribution < 1.29 is 9.59 Å². The first-order valence-electron chi connectivity index (χ1n) is 5.93. The maximum absolute atomic E-state index is 12.4. The second-order valence-electron chi connectivity index (χ2n) is 4.89. The average molecular weight is 237 g/mol. The standard InChI is InChI=1S/C12H19N3O2/c1-9(2)15(7-10(14)16)11(17)12(8-13)5-3-4-6-12/h9H,3-7H2,1-2H3,(H2,14,16). The number of nitrogens with zero attached hydrogens (tertiary/aromatic N) is 2. The quantitative estimate of drug-likeness (QED) is 0.784. The Hall–Kier alpha value is -1.57. The molecule has 17 heavy (non-hydrogen) atoms. The fraction of sp³-hybridized carbons (Fsp3) is 0.750. The Kier molecular flexibility index (Phi) is 4.11. The van der Waals surface area contributed by atoms with E-state index in [-0.39, 0.29) is 18.5 Å². The van der Waals surface area contributed by atoms with Gasteiger partial charge >= 0.3 is 0 Å². The Morgan fingerprint density at radius 2 is 1.94 bits per heavy atom. The third-order valence-electron chi connectivity index (χ3n) is 3.29. The molecular weight excluding hydrogens is 218 g/mol. The molecule has 0 spiro atoms. The van der Waals surface area contributed by atoms with Crippen molar-refractivity contribution in [2.24, 2.45) is 11.1 Å². The minimum atomic E-state index is -0.931. The number of nitriles is 1. The van der Waals surface area contributed by atoms with Crippen LogP contribution in [0.15, 0.2) is 0 Å². The van der Waals surface area contributed by atoms with Crippen LogP contribution < -0.4 is 5.73 Å². The summed E-state index contributed by atoms with van der Waals surface area (Å²) < 4.78 is 0. The van der Waals surface area contributed by atoms with Crippen LogP contribution in [0.25, 0.3) is 0 Å². The molecule has 0 atom stereocenters. The van der Waals surface area contributed by atoms with Gasteiger partial charge in [0.15, 0.2) is 0 Å². The fourth-order valence-corrected chi connectivity index (χ4v) is 2.28. The van der Waals surface area contributed by atoms with Crippen LogP contribution >= 0.6 is 0 Å². The Labute approximate surface area is 102 Å². The second kappa shape index (κ2) is 5.17. The van der Waals surface area contributed by atoms with E-state index in [4.69, 9.17) is 5.73 Å². The zero-order chi connectivity index (χ0) is 13.1. The number of hydrogen-bond donors (Lipinski definition) is 1. The molecule has 0 saturated heterocycles. The highest BCUT2D eigenvalue weighted by Crippen LogP contribution is 2.39. The number of rotatable bonds is 4. The van der Waals surface area contributed by atoms with Crippen molar-refractivity contribution >= 4 is 11.8 Å². The number of hydrogen-bond acceptors (Lipinski definition) is 3. The molecule has 94 valence electrons. The lowest BCUT2D eigenvalue weighted by molar-refractivity contribution is -0.143. The van der Waals surface area contributed by atoms with Gasteiger partial charge in [0, 0.05) is 6.04 Å². The van der Waals surface area contributed by atoms with E-state index in [2.05, 4.69) is 6.07 Å². The van der Waals surface area contributed by atoms with Gasteiger partial charge in [0.05, 0.1) is 12.6 Å². The van der Waals surface area contributed by atoms with Crippen LogP contribution in [0.3, 0.4) is 0 Å². The molecule has 0 aliphatic heterocycles. The van der Waals surface area contributed by atoms with Gasteiger partial charge in [-0.1, -0.05) is 12.8 Å². The van der Waals surface area contributed by atoms with E-state index in [1.165, 1.54) is 4.90 Å². The molecule has 0 radical (unpaired) electrons. The molecule has 0 aromatic rings. The second-order valence-corrected chi connectivity index (χ2v) is 4.89. The highest BCUT2D eigenvalue weighted by molar-refractivity contribution is 5.89. The molecule has 2 amide bonds. The monoisotopic (exact) mass is 237 g/mol. The van der Waals surface area contributed by atoms with Crippen molar-refractivity contribution in [3.63, 3.8) is 0 Å². The van der Waals surface area contributed by atoms with Crippen molar-refractivity contribution in [1.29, 1.82) is 5.26 Å². The van der Waals surface area contributed by atoms with Gasteiger partial charge in [-0.3, -0.25) is 9.59 Å². The van der Waals surface area contributed by atoms with E-state index in [0.29, 0.717) is 12.8 Å². The molecule has 5 heteroatoms. The Bertz CT molecular complexity index is 351. The lowest BCUT2D eigenvalue weighted by Crippen LogP contribution is -2.49. The molecule has 1 aliphatic rings. The van der Waals surface area contributed by atoms with Crippen LogP contribution in [0.1, 0.15) is 39.5 Å². The summed E-state index contributed by atoms with van der Waals surface area (Å²) in [7, 11) is 0. The third kappa shape index (κ3) is 2.76. The number of carbonyl (C=O) groups excluding carboxylic acids is 2. The summed E-state index contributed by atoms with van der Waals surface area (Å²) in [4.78, 5) is 24.8. The third-order valence-corrected chi connectivity index (χ3v) is 3.29. The summed E-state index contributed by atoms with van der Waals surface area (Å²) in [6.45, 7) is 3.53. The van der Waals surface area contributed by atoms with Gasteiger partial charge in [-0.15, -0.1) is 0 Å². The Balaban J connectivity index is 2.91. The molecule has 0 aromatic heterocycles. The zero-order valence-corrected chi connectivity index (χ0v) is 10.4. The maximum atomic E-state index is 12.4. The van der Waals surface area contributed by atoms with Crippen LogP contribution in [0.4, 0.5) is 0 Å². The van der Waals surface area contributed by atoms with E-state index in [1.807, 2.05) is 13.8 Å². The van der Waals surface area contributed by atoms with Crippen LogP contribution in [0.2, 0.25) is 0 Å². The largest absolute Gasteiger partial charge is 0.368 e. The minimum Gasteiger partial charge on any atom is -0.368 e. The van der Waals surface area contributed by atoms with Crippen molar-refractivity contribution in [1.82, 2.24) is 4.90 Å². The van der Waals surface area contributed by atoms with E-state index >= 15 is 0 Å². The number of amides is 2. The van der Waals surface area contributed by atoms with Crippen LogP contribution in [-0.4, -0.2) is 29.3 Å². The van der Waals surface area contributed by atoms with Gasteiger partial charge in [-0.25, -0.2) is 0 Å². The average Bonchev–Trinajstić information content (AvgIpc) is 2.74. The molecule has 0 aromatic carbocycles. The van der Waals surface area contributed by atoms with E-state index in [1.54, 1.807) is 0 Å². The number of primary amides is 1. The van der Waals surface area contributed by atoms with E-state index < -0.39 is 11.3 Å². The van der Waals surface area contributed by atoms with Gasteiger partial charge in [0.2, 0.25) is 11.8 Å². The summed E-state index contributed by atoms with van der Waals surface area (Å²) in [5.74, 6) is -0.788. The molecule has 1 saturated carbocycles. The lowest BCUT2D eigenvalue weighted by atomic mass is 9.86. The van der Waals surface area contributed by atoms with Crippen molar-refractivity contribution in [3.8, 4) is 6.07 Å². The van der Waals surface area contributed by atoms with Crippen LogP contribution in [0.5, 0.6) is 0 Å². The molecule has 5 nitrogen and oxygen atoms in total. The van der Waals surface area contributed by atoms with Crippen LogP contribution in [0, 0.1) is 16.7 Å². The number of nitrogens with two attached hydrogens (primary N) is 1. The summed E-state index contributed by atoms with van der Waals surface area (Å²) in [6.07, 6.45) is 2.96. The van der Waals surface area contributed by atoms with Crippen molar-refractivity contribution in [3.05, 3.63) is 0 Å². The van der Waals surface area contributed by atoms with Crippen molar-refractivity contribution in [2.75, 3.05) is 6.54 Å². The van der Waals surface area contributed by atoms with Gasteiger partial charge in [0.25, 0.3) is 0 Å². The summed E-state index contributed by atoms with van der Waals surface area (Å²) >= 11 is 0. The van der Waals surface area contributed by atoms with Gasteiger partial charge in [-0.2, -0.15) is 5.26 Å². The summed E-state index contributed by atoms with van der Waals surface area (Å²) in [5.41, 5.74) is 4.21. The van der Waals surface area contributed by atoms with E-state index in [9.17, 15) is 14.9 Å². The predicted molar refractivity (Wildman–Crippen MR) is 62.6 cm³/mol. The van der Waals surface area contributed by atoms with Gasteiger partial charge < -0.3 is 10.6 Å². The lowest BCUT2D eigenvalue weighted by Gasteiger charge is -2.31. The van der Waals surface area contributed by atoms with E-state index in [0.717, 1.165) is 12.8 Å². The molecule has 0 heterocycles. The molecule has 2 N–H and O–H groups in total. The molecule has 1 rings (SSSR count). The molecule has 1 fully saturated rings. The molecule has 0 unspecified atom stereocenters. The summed E-state index contributed by atoms with van der Waals surface area (Å²) in [5, 5.41) is 9.24. The van der Waals surface area contributed by atoms with Gasteiger partial charge in [-0.05, 0) is 26.7 Å². The number of carbonyl (C=O) groups is 2. The molecular formula is C12H19N3O2. The fourth-order valence-electron chi connectivity index (χ4n) is 2.28. The normalized spacial score (nSPS) is 17.8. The van der Waals surface area contributed by atoms with Crippen LogP contribution in [-0.2, 0) is 9.59 Å². The molecule has 1 aliphatic carbocycles. The molecule has 0 bridgehead atoms. The smallest absolute Gasteiger partial charge is 0.243 e. The van der Waals surface area contributed by atoms with Gasteiger partial charge in [0.1, 0.15) is 5.41 Å². The minimum absolute atomic E-state index is 0.111. The first kappa shape index (κ1) is 13.5. The first-order chi connectivity index (χ1) is 7.93. The highest BCUT2D eigenvalue weighted by atomic mass is 16.2. The Morgan fingerprint density at radius 1 is 1.41 bits per heavy atom. The zero-order valence-electron chi connectivity index (χ0n) is 10.4. The topological polar surface area (TPSA) is 87.2 Å². The Morgan fingerprint density at radius 3 is 2.29 bits per heavy atom. The SMILES string of the molecule is CC(C)N(CC(N)=O)C(=O)C1(C#N)CCCC1. The highest BCUT2D eigenvalue weighted by Gasteiger charge is 2.44. The maximum Gasteiger partial charge on any atom is 0.243 e.